The van der Waals surface area contributed by atoms with E-state index in [0.29, 0.717) is 17.9 Å². The average Bonchev–Trinajstić information content (AvgIpc) is 2.79. The number of carbonyl (C=O) groups excluding carboxylic acids is 1. The van der Waals surface area contributed by atoms with Crippen molar-refractivity contribution in [2.45, 2.75) is 6.61 Å². The van der Waals surface area contributed by atoms with Gasteiger partial charge in [-0.15, -0.1) is 0 Å². The molecule has 5 nitrogen and oxygen atoms in total. The van der Waals surface area contributed by atoms with Gasteiger partial charge in [-0.05, 0) is 46.7 Å². The smallest absolute Gasteiger partial charge is 0.274 e. The molecule has 7 heteroatoms. The Morgan fingerprint density at radius 1 is 1.10 bits per heavy atom. The Labute approximate surface area is 192 Å². The van der Waals surface area contributed by atoms with Crippen molar-refractivity contribution in [3.8, 4) is 5.75 Å². The molecule has 0 spiro atoms. The third-order valence-corrected chi connectivity index (χ3v) is 5.40. The lowest BCUT2D eigenvalue weighted by Gasteiger charge is -2.11. The van der Waals surface area contributed by atoms with Crippen molar-refractivity contribution >= 4 is 50.4 Å². The lowest BCUT2D eigenvalue weighted by atomic mass is 10.1. The lowest BCUT2D eigenvalue weighted by Crippen LogP contribution is -2.18. The summed E-state index contributed by atoms with van der Waals surface area (Å²) in [6.45, 7) is 0.404. The molecular weight excluding hydrogens is 478 g/mol. The predicted octanol–water partition coefficient (Wildman–Crippen LogP) is 5.99. The second-order valence-electron chi connectivity index (χ2n) is 6.65. The molecular formula is C24H17BrClN3O2. The number of benzene rings is 3. The van der Waals surface area contributed by atoms with Crippen LogP contribution in [0.25, 0.3) is 10.8 Å². The number of pyridine rings is 1. The first-order chi connectivity index (χ1) is 15.1. The van der Waals surface area contributed by atoms with E-state index >= 15 is 0 Å². The second kappa shape index (κ2) is 9.73. The van der Waals surface area contributed by atoms with Crippen molar-refractivity contribution in [1.29, 1.82) is 0 Å². The van der Waals surface area contributed by atoms with Crippen LogP contribution in [0.5, 0.6) is 5.75 Å². The third-order valence-electron chi connectivity index (χ3n) is 4.61. The molecule has 0 aliphatic carbocycles. The van der Waals surface area contributed by atoms with Crippen molar-refractivity contribution in [3.05, 3.63) is 105 Å². The Morgan fingerprint density at radius 3 is 2.81 bits per heavy atom. The van der Waals surface area contributed by atoms with Crippen LogP contribution in [-0.4, -0.2) is 17.1 Å². The van der Waals surface area contributed by atoms with Crippen LogP contribution in [-0.2, 0) is 6.61 Å². The minimum atomic E-state index is -0.442. The molecule has 1 N–H and O–H groups in total. The molecule has 0 saturated heterocycles. The normalized spacial score (nSPS) is 11.0. The van der Waals surface area contributed by atoms with Gasteiger partial charge in [-0.3, -0.25) is 4.79 Å². The predicted molar refractivity (Wildman–Crippen MR) is 127 cm³/mol. The standard InChI is InChI=1S/C24H17BrClN3O2/c25-19-10-11-22(31-15-17-7-3-6-16-5-1-2-8-20(16)17)18(13-19)14-28-29-24(30)21-9-4-12-27-23(21)26/h1-14H,15H2,(H,29,30). The quantitative estimate of drug-likeness (QED) is 0.203. The van der Waals surface area contributed by atoms with Crippen molar-refractivity contribution in [2.75, 3.05) is 0 Å². The van der Waals surface area contributed by atoms with Crippen LogP contribution in [0.2, 0.25) is 5.15 Å². The van der Waals surface area contributed by atoms with Gasteiger partial charge in [0.1, 0.15) is 17.5 Å². The van der Waals surface area contributed by atoms with Crippen LogP contribution in [0.15, 0.2) is 88.6 Å². The number of hydrogen-bond acceptors (Lipinski definition) is 4. The molecule has 1 aromatic heterocycles. The number of halogens is 2. The molecule has 0 radical (unpaired) electrons. The summed E-state index contributed by atoms with van der Waals surface area (Å²) in [6.07, 6.45) is 3.05. The molecule has 0 saturated carbocycles. The zero-order chi connectivity index (χ0) is 21.6. The fourth-order valence-electron chi connectivity index (χ4n) is 3.10. The van der Waals surface area contributed by atoms with E-state index in [9.17, 15) is 4.79 Å². The van der Waals surface area contributed by atoms with Crippen LogP contribution >= 0.6 is 27.5 Å². The lowest BCUT2D eigenvalue weighted by molar-refractivity contribution is 0.0955. The second-order valence-corrected chi connectivity index (χ2v) is 7.92. The van der Waals surface area contributed by atoms with Crippen molar-refractivity contribution < 1.29 is 9.53 Å². The van der Waals surface area contributed by atoms with Gasteiger partial charge in [0.05, 0.1) is 11.8 Å². The minimum Gasteiger partial charge on any atom is -0.488 e. The molecule has 4 rings (SSSR count). The van der Waals surface area contributed by atoms with Gasteiger partial charge >= 0.3 is 0 Å². The molecule has 0 aliphatic rings. The van der Waals surface area contributed by atoms with E-state index in [2.05, 4.69) is 49.6 Å². The molecule has 0 aliphatic heterocycles. The van der Waals surface area contributed by atoms with Gasteiger partial charge < -0.3 is 4.74 Å². The molecule has 154 valence electrons. The first-order valence-electron chi connectivity index (χ1n) is 9.45. The molecule has 0 unspecified atom stereocenters. The maximum Gasteiger partial charge on any atom is 0.274 e. The zero-order valence-corrected chi connectivity index (χ0v) is 18.6. The van der Waals surface area contributed by atoms with Crippen molar-refractivity contribution in [2.24, 2.45) is 5.10 Å². The first-order valence-corrected chi connectivity index (χ1v) is 10.6. The molecule has 0 atom stereocenters. The zero-order valence-electron chi connectivity index (χ0n) is 16.3. The first kappa shape index (κ1) is 21.0. The highest BCUT2D eigenvalue weighted by Gasteiger charge is 2.10. The maximum absolute atomic E-state index is 12.3. The van der Waals surface area contributed by atoms with E-state index in [0.717, 1.165) is 20.8 Å². The molecule has 0 fully saturated rings. The Hall–Kier alpha value is -3.22. The maximum atomic E-state index is 12.3. The Balaban J connectivity index is 1.50. The largest absolute Gasteiger partial charge is 0.488 e. The summed E-state index contributed by atoms with van der Waals surface area (Å²) in [4.78, 5) is 16.1. The number of aromatic nitrogens is 1. The number of fused-ring (bicyclic) bond motifs is 1. The summed E-state index contributed by atoms with van der Waals surface area (Å²) in [7, 11) is 0. The topological polar surface area (TPSA) is 63.6 Å². The van der Waals surface area contributed by atoms with Gasteiger partial charge in [0.2, 0.25) is 0 Å². The van der Waals surface area contributed by atoms with Crippen LogP contribution in [0.4, 0.5) is 0 Å². The molecule has 31 heavy (non-hydrogen) atoms. The highest BCUT2D eigenvalue weighted by atomic mass is 79.9. The van der Waals surface area contributed by atoms with Crippen LogP contribution in [0, 0.1) is 0 Å². The van der Waals surface area contributed by atoms with E-state index in [1.165, 1.54) is 12.4 Å². The monoisotopic (exact) mass is 493 g/mol. The Morgan fingerprint density at radius 2 is 1.94 bits per heavy atom. The fraction of sp³-hybridized carbons (Fsp3) is 0.0417. The van der Waals surface area contributed by atoms with E-state index < -0.39 is 5.91 Å². The number of nitrogens with one attached hydrogen (secondary N) is 1. The van der Waals surface area contributed by atoms with E-state index in [1.54, 1.807) is 12.1 Å². The van der Waals surface area contributed by atoms with E-state index in [4.69, 9.17) is 16.3 Å². The molecule has 1 heterocycles. The highest BCUT2D eigenvalue weighted by molar-refractivity contribution is 9.10. The van der Waals surface area contributed by atoms with Crippen molar-refractivity contribution in [1.82, 2.24) is 10.4 Å². The SMILES string of the molecule is O=C(NN=Cc1cc(Br)ccc1OCc1cccc2ccccc12)c1cccnc1Cl. The number of hydrazone groups is 1. The summed E-state index contributed by atoms with van der Waals surface area (Å²) in [5.74, 6) is 0.205. The Kier molecular flexibility index (Phi) is 6.60. The number of ether oxygens (including phenoxy) is 1. The summed E-state index contributed by atoms with van der Waals surface area (Å²) in [6, 6.07) is 23.2. The molecule has 1 amide bonds. The minimum absolute atomic E-state index is 0.122. The molecule has 4 aromatic rings. The van der Waals surface area contributed by atoms with E-state index in [1.807, 2.05) is 42.5 Å². The number of nitrogens with zero attached hydrogens (tertiary/aromatic N) is 2. The van der Waals surface area contributed by atoms with E-state index in [-0.39, 0.29) is 10.7 Å². The van der Waals surface area contributed by atoms with Crippen LogP contribution in [0.3, 0.4) is 0 Å². The van der Waals surface area contributed by atoms with Gasteiger partial charge in [-0.1, -0.05) is 70.0 Å². The summed E-state index contributed by atoms with van der Waals surface area (Å²) >= 11 is 9.41. The summed E-state index contributed by atoms with van der Waals surface area (Å²) < 4.78 is 6.96. The molecule has 0 bridgehead atoms. The molecule has 3 aromatic carbocycles. The van der Waals surface area contributed by atoms with Crippen molar-refractivity contribution in [3.63, 3.8) is 0 Å². The number of carbonyl (C=O) groups is 1. The Bertz CT molecular complexity index is 1270. The van der Waals surface area contributed by atoms with Gasteiger partial charge in [0, 0.05) is 16.2 Å². The number of rotatable bonds is 6. The van der Waals surface area contributed by atoms with Crippen LogP contribution in [0.1, 0.15) is 21.5 Å². The highest BCUT2D eigenvalue weighted by Crippen LogP contribution is 2.25. The fourth-order valence-corrected chi connectivity index (χ4v) is 3.69. The number of amides is 1. The van der Waals surface area contributed by atoms with Crippen LogP contribution < -0.4 is 10.2 Å². The average molecular weight is 495 g/mol. The third kappa shape index (κ3) is 5.10. The summed E-state index contributed by atoms with van der Waals surface area (Å²) in [5, 5.41) is 6.49. The van der Waals surface area contributed by atoms with Gasteiger partial charge in [-0.2, -0.15) is 5.10 Å². The van der Waals surface area contributed by atoms with Gasteiger partial charge in [-0.25, -0.2) is 10.4 Å². The number of hydrogen-bond donors (Lipinski definition) is 1. The van der Waals surface area contributed by atoms with Gasteiger partial charge in [0.25, 0.3) is 5.91 Å². The summed E-state index contributed by atoms with van der Waals surface area (Å²) in [5.41, 5.74) is 4.52. The van der Waals surface area contributed by atoms with Gasteiger partial charge in [0.15, 0.2) is 0 Å².